The highest BCUT2D eigenvalue weighted by Crippen LogP contribution is 2.31. The van der Waals surface area contributed by atoms with Gasteiger partial charge in [-0.25, -0.2) is 0 Å². The van der Waals surface area contributed by atoms with Crippen LogP contribution in [0.1, 0.15) is 18.9 Å². The molecule has 0 saturated carbocycles. The normalized spacial score (nSPS) is 12.2. The van der Waals surface area contributed by atoms with E-state index in [1.807, 2.05) is 6.92 Å². The minimum Gasteiger partial charge on any atom is -0.396 e. The number of nitrogens with one attached hydrogen (secondary N) is 1. The molecular weight excluding hydrogens is 244 g/mol. The van der Waals surface area contributed by atoms with Crippen molar-refractivity contribution < 1.29 is 10.0 Å². The number of nitro groups is 1. The number of non-ortho nitro benzene ring substituents is 1. The van der Waals surface area contributed by atoms with E-state index in [1.165, 1.54) is 12.1 Å². The lowest BCUT2D eigenvalue weighted by Crippen LogP contribution is -2.17. The number of aliphatic hydroxyl groups excluding tert-OH is 1. The number of nitro benzene ring substituents is 1. The lowest BCUT2D eigenvalue weighted by atomic mass is 10.1. The Bertz CT molecular complexity index is 400. The van der Waals surface area contributed by atoms with Crippen molar-refractivity contribution in [1.82, 2.24) is 0 Å². The molecule has 1 unspecified atom stereocenters. The van der Waals surface area contributed by atoms with Gasteiger partial charge in [-0.2, -0.15) is 0 Å². The fourth-order valence-corrected chi connectivity index (χ4v) is 1.84. The number of anilines is 1. The Morgan fingerprint density at radius 3 is 2.71 bits per heavy atom. The Morgan fingerprint density at radius 1 is 1.59 bits per heavy atom. The van der Waals surface area contributed by atoms with E-state index < -0.39 is 4.92 Å². The van der Waals surface area contributed by atoms with Crippen molar-refractivity contribution in [3.05, 3.63) is 32.8 Å². The molecule has 0 bridgehead atoms. The monoisotopic (exact) mass is 258 g/mol. The van der Waals surface area contributed by atoms with Crippen LogP contribution in [0.15, 0.2) is 12.1 Å². The number of hydrogen-bond acceptors (Lipinski definition) is 4. The first-order chi connectivity index (χ1) is 7.95. The van der Waals surface area contributed by atoms with Crippen LogP contribution in [-0.2, 0) is 0 Å². The average molecular weight is 259 g/mol. The molecule has 1 rings (SSSR count). The molecule has 0 heterocycles. The van der Waals surface area contributed by atoms with Gasteiger partial charge in [0, 0.05) is 24.8 Å². The average Bonchev–Trinajstić information content (AvgIpc) is 2.23. The first-order valence-electron chi connectivity index (χ1n) is 5.27. The minimum absolute atomic E-state index is 0.0205. The van der Waals surface area contributed by atoms with Crippen LogP contribution in [-0.4, -0.2) is 22.7 Å². The second-order valence-corrected chi connectivity index (χ2v) is 4.34. The summed E-state index contributed by atoms with van der Waals surface area (Å²) in [4.78, 5) is 10.2. The van der Waals surface area contributed by atoms with Crippen molar-refractivity contribution in [3.8, 4) is 0 Å². The first kappa shape index (κ1) is 13.7. The highest BCUT2D eigenvalue weighted by atomic mass is 35.5. The topological polar surface area (TPSA) is 75.4 Å². The van der Waals surface area contributed by atoms with Gasteiger partial charge in [-0.3, -0.25) is 10.1 Å². The second kappa shape index (κ2) is 5.84. The molecular formula is C11H15ClN2O3. The van der Waals surface area contributed by atoms with Crippen molar-refractivity contribution >= 4 is 23.0 Å². The highest BCUT2D eigenvalue weighted by Gasteiger charge is 2.14. The van der Waals surface area contributed by atoms with Crippen molar-refractivity contribution in [3.63, 3.8) is 0 Å². The maximum Gasteiger partial charge on any atom is 0.271 e. The Morgan fingerprint density at radius 2 is 2.24 bits per heavy atom. The molecule has 5 nitrogen and oxygen atoms in total. The summed E-state index contributed by atoms with van der Waals surface area (Å²) in [5.74, 6) is 0. The molecule has 0 radical (unpaired) electrons. The summed E-state index contributed by atoms with van der Waals surface area (Å²) >= 11 is 5.99. The summed E-state index contributed by atoms with van der Waals surface area (Å²) in [6.07, 6.45) is 0.590. The van der Waals surface area contributed by atoms with Crippen LogP contribution < -0.4 is 5.32 Å². The molecule has 0 aliphatic rings. The molecule has 1 aromatic rings. The van der Waals surface area contributed by atoms with Crippen LogP contribution in [0.25, 0.3) is 0 Å². The molecule has 0 amide bonds. The fourth-order valence-electron chi connectivity index (χ4n) is 1.53. The van der Waals surface area contributed by atoms with E-state index in [0.29, 0.717) is 22.7 Å². The summed E-state index contributed by atoms with van der Waals surface area (Å²) in [7, 11) is 0. The zero-order valence-electron chi connectivity index (χ0n) is 9.74. The van der Waals surface area contributed by atoms with Crippen molar-refractivity contribution in [2.45, 2.75) is 26.3 Å². The number of hydrogen-bond donors (Lipinski definition) is 2. The Hall–Kier alpha value is -1.33. The minimum atomic E-state index is -0.472. The highest BCUT2D eigenvalue weighted by molar-refractivity contribution is 6.33. The molecule has 0 aromatic heterocycles. The predicted octanol–water partition coefficient (Wildman–Crippen LogP) is 2.74. The largest absolute Gasteiger partial charge is 0.396 e. The number of aliphatic hydroxyl groups is 1. The van der Waals surface area contributed by atoms with Crippen molar-refractivity contribution in [2.75, 3.05) is 11.9 Å². The van der Waals surface area contributed by atoms with Gasteiger partial charge in [-0.15, -0.1) is 0 Å². The van der Waals surface area contributed by atoms with Crippen molar-refractivity contribution in [2.24, 2.45) is 0 Å². The Balaban J connectivity index is 2.97. The molecule has 0 saturated heterocycles. The summed E-state index contributed by atoms with van der Waals surface area (Å²) in [6, 6.07) is 2.85. The molecule has 0 fully saturated rings. The van der Waals surface area contributed by atoms with Crippen LogP contribution >= 0.6 is 11.6 Å². The molecule has 0 aliphatic carbocycles. The molecule has 17 heavy (non-hydrogen) atoms. The van der Waals surface area contributed by atoms with Gasteiger partial charge < -0.3 is 10.4 Å². The lowest BCUT2D eigenvalue weighted by Gasteiger charge is -2.17. The first-order valence-corrected chi connectivity index (χ1v) is 5.65. The molecule has 1 atom stereocenters. The Kier molecular flexibility index (Phi) is 4.72. The van der Waals surface area contributed by atoms with Gasteiger partial charge >= 0.3 is 0 Å². The standard InChI is InChI=1S/C11H15ClN2O3/c1-7-5-9(14(16)17)6-10(12)11(7)13-8(2)3-4-15/h5-6,8,13,15H,3-4H2,1-2H3. The Labute approximate surface area is 105 Å². The quantitative estimate of drug-likeness (QED) is 0.629. The molecule has 94 valence electrons. The van der Waals surface area contributed by atoms with Crippen LogP contribution in [0, 0.1) is 17.0 Å². The zero-order valence-corrected chi connectivity index (χ0v) is 10.5. The number of aryl methyl sites for hydroxylation is 1. The van der Waals surface area contributed by atoms with E-state index in [2.05, 4.69) is 5.32 Å². The fraction of sp³-hybridized carbons (Fsp3) is 0.455. The third-order valence-corrected chi connectivity index (χ3v) is 2.73. The number of halogens is 1. The third kappa shape index (κ3) is 3.57. The van der Waals surface area contributed by atoms with Gasteiger partial charge in [0.1, 0.15) is 0 Å². The van der Waals surface area contributed by atoms with Crippen molar-refractivity contribution in [1.29, 1.82) is 0 Å². The molecule has 0 spiro atoms. The third-order valence-electron chi connectivity index (χ3n) is 2.44. The van der Waals surface area contributed by atoms with E-state index in [-0.39, 0.29) is 18.3 Å². The molecule has 0 aliphatic heterocycles. The van der Waals surface area contributed by atoms with E-state index in [4.69, 9.17) is 16.7 Å². The van der Waals surface area contributed by atoms with Gasteiger partial charge in [0.05, 0.1) is 15.6 Å². The van der Waals surface area contributed by atoms with Gasteiger partial charge in [-0.1, -0.05) is 11.6 Å². The van der Waals surface area contributed by atoms with Gasteiger partial charge in [0.2, 0.25) is 0 Å². The van der Waals surface area contributed by atoms with E-state index in [9.17, 15) is 10.1 Å². The van der Waals surface area contributed by atoms with E-state index in [0.717, 1.165) is 0 Å². The van der Waals surface area contributed by atoms with E-state index >= 15 is 0 Å². The van der Waals surface area contributed by atoms with Crippen LogP contribution in [0.4, 0.5) is 11.4 Å². The summed E-state index contributed by atoms with van der Waals surface area (Å²) in [5.41, 5.74) is 1.38. The summed E-state index contributed by atoms with van der Waals surface area (Å²) < 4.78 is 0. The molecule has 6 heteroatoms. The van der Waals surface area contributed by atoms with Crippen LogP contribution in [0.5, 0.6) is 0 Å². The van der Waals surface area contributed by atoms with E-state index in [1.54, 1.807) is 6.92 Å². The SMILES string of the molecule is Cc1cc([N+](=O)[O-])cc(Cl)c1NC(C)CCO. The number of benzene rings is 1. The van der Waals surface area contributed by atoms with Gasteiger partial charge in [-0.05, 0) is 25.8 Å². The summed E-state index contributed by atoms with van der Waals surface area (Å²) in [5, 5.41) is 22.9. The number of rotatable bonds is 5. The van der Waals surface area contributed by atoms with Gasteiger partial charge in [0.25, 0.3) is 5.69 Å². The predicted molar refractivity (Wildman–Crippen MR) is 67.6 cm³/mol. The maximum atomic E-state index is 10.6. The smallest absolute Gasteiger partial charge is 0.271 e. The molecule has 2 N–H and O–H groups in total. The second-order valence-electron chi connectivity index (χ2n) is 3.93. The van der Waals surface area contributed by atoms with Crippen LogP contribution in [0.3, 0.4) is 0 Å². The molecule has 1 aromatic carbocycles. The number of nitrogens with zero attached hydrogens (tertiary/aromatic N) is 1. The maximum absolute atomic E-state index is 10.6. The lowest BCUT2D eigenvalue weighted by molar-refractivity contribution is -0.384. The zero-order chi connectivity index (χ0) is 13.0. The summed E-state index contributed by atoms with van der Waals surface area (Å²) in [6.45, 7) is 3.75. The van der Waals surface area contributed by atoms with Crippen LogP contribution in [0.2, 0.25) is 5.02 Å². The van der Waals surface area contributed by atoms with Gasteiger partial charge in [0.15, 0.2) is 0 Å².